The Morgan fingerprint density at radius 3 is 2.75 bits per heavy atom. The number of hydrogen-bond donors (Lipinski definition) is 1. The number of hydrogen-bond acceptors (Lipinski definition) is 4. The van der Waals surface area contributed by atoms with Crippen LogP contribution < -0.4 is 5.73 Å². The van der Waals surface area contributed by atoms with Gasteiger partial charge in [-0.2, -0.15) is 0 Å². The second kappa shape index (κ2) is 9.27. The number of carbonyl (C=O) groups excluding carboxylic acids is 2. The highest BCUT2D eigenvalue weighted by atomic mass is 16.6. The Morgan fingerprint density at radius 1 is 1.33 bits per heavy atom. The van der Waals surface area contributed by atoms with Gasteiger partial charge >= 0.3 is 6.09 Å². The first kappa shape index (κ1) is 18.3. The quantitative estimate of drug-likeness (QED) is 0.862. The fourth-order valence-electron chi connectivity index (χ4n) is 3.04. The topological polar surface area (TPSA) is 75.9 Å². The molecule has 0 aromatic heterocycles. The SMILES string of the molecule is CCN(CC1CCCN(C(=O)OCc2ccccc2)C1)C(=O)CN. The molecule has 6 heteroatoms. The Hall–Kier alpha value is -2.08. The van der Waals surface area contributed by atoms with Gasteiger partial charge in [0, 0.05) is 26.2 Å². The second-order valence-corrected chi connectivity index (χ2v) is 6.13. The average Bonchev–Trinajstić information content (AvgIpc) is 2.64. The molecule has 2 rings (SSSR count). The highest BCUT2D eigenvalue weighted by Crippen LogP contribution is 2.19. The molecule has 1 aromatic carbocycles. The smallest absolute Gasteiger partial charge is 0.410 e. The van der Waals surface area contributed by atoms with Crippen molar-refractivity contribution in [1.29, 1.82) is 0 Å². The van der Waals surface area contributed by atoms with Gasteiger partial charge in [0.25, 0.3) is 0 Å². The third kappa shape index (κ3) is 5.23. The first-order chi connectivity index (χ1) is 11.6. The number of nitrogens with two attached hydrogens (primary N) is 1. The number of likely N-dealkylation sites (N-methyl/N-ethyl adjacent to an activating group) is 1. The standard InChI is InChI=1S/C18H27N3O3/c1-2-20(17(22)11-19)12-16-9-6-10-21(13-16)18(23)24-14-15-7-4-3-5-8-15/h3-5,7-8,16H,2,6,9-14,19H2,1H3. The summed E-state index contributed by atoms with van der Waals surface area (Å²) in [5.41, 5.74) is 6.43. The summed E-state index contributed by atoms with van der Waals surface area (Å²) >= 11 is 0. The van der Waals surface area contributed by atoms with Crippen LogP contribution in [0.25, 0.3) is 0 Å². The summed E-state index contributed by atoms with van der Waals surface area (Å²) in [5.74, 6) is 0.236. The summed E-state index contributed by atoms with van der Waals surface area (Å²) in [6, 6.07) is 9.65. The Labute approximate surface area is 143 Å². The van der Waals surface area contributed by atoms with E-state index in [9.17, 15) is 9.59 Å². The lowest BCUT2D eigenvalue weighted by Gasteiger charge is -2.34. The van der Waals surface area contributed by atoms with Crippen LogP contribution >= 0.6 is 0 Å². The lowest BCUT2D eigenvalue weighted by molar-refractivity contribution is -0.130. The third-order valence-corrected chi connectivity index (χ3v) is 4.37. The molecule has 0 saturated carbocycles. The van der Waals surface area contributed by atoms with E-state index in [1.54, 1.807) is 9.80 Å². The Bertz CT molecular complexity index is 536. The number of piperidine rings is 1. The average molecular weight is 333 g/mol. The molecule has 1 aliphatic heterocycles. The van der Waals surface area contributed by atoms with Gasteiger partial charge in [-0.1, -0.05) is 30.3 Å². The first-order valence-electron chi connectivity index (χ1n) is 8.57. The van der Waals surface area contributed by atoms with Gasteiger partial charge in [0.1, 0.15) is 6.61 Å². The van der Waals surface area contributed by atoms with E-state index < -0.39 is 0 Å². The predicted molar refractivity (Wildman–Crippen MR) is 92.2 cm³/mol. The van der Waals surface area contributed by atoms with Crippen molar-refractivity contribution in [3.8, 4) is 0 Å². The Morgan fingerprint density at radius 2 is 2.08 bits per heavy atom. The molecule has 0 spiro atoms. The minimum absolute atomic E-state index is 0.0311. The molecule has 1 aliphatic rings. The van der Waals surface area contributed by atoms with E-state index in [0.717, 1.165) is 18.4 Å². The molecular weight excluding hydrogens is 306 g/mol. The van der Waals surface area contributed by atoms with Gasteiger partial charge in [-0.25, -0.2) is 4.79 Å². The number of amides is 2. The van der Waals surface area contributed by atoms with Crippen LogP contribution in [0.15, 0.2) is 30.3 Å². The summed E-state index contributed by atoms with van der Waals surface area (Å²) in [4.78, 5) is 27.6. The zero-order valence-corrected chi connectivity index (χ0v) is 14.3. The van der Waals surface area contributed by atoms with Gasteiger partial charge in [-0.3, -0.25) is 4.79 Å². The maximum Gasteiger partial charge on any atom is 0.410 e. The lowest BCUT2D eigenvalue weighted by atomic mass is 9.97. The maximum atomic E-state index is 12.3. The second-order valence-electron chi connectivity index (χ2n) is 6.13. The van der Waals surface area contributed by atoms with Crippen molar-refractivity contribution in [2.45, 2.75) is 26.4 Å². The molecule has 0 radical (unpaired) electrons. The molecule has 1 fully saturated rings. The van der Waals surface area contributed by atoms with Crippen molar-refractivity contribution in [2.24, 2.45) is 11.7 Å². The predicted octanol–water partition coefficient (Wildman–Crippen LogP) is 1.84. The fourth-order valence-corrected chi connectivity index (χ4v) is 3.04. The molecule has 1 aromatic rings. The van der Waals surface area contributed by atoms with Gasteiger partial charge in [0.05, 0.1) is 6.54 Å². The van der Waals surface area contributed by atoms with Crippen LogP contribution in [0.4, 0.5) is 4.79 Å². The zero-order chi connectivity index (χ0) is 17.4. The van der Waals surface area contributed by atoms with Gasteiger partial charge in [-0.05, 0) is 31.2 Å². The number of rotatable bonds is 6. The van der Waals surface area contributed by atoms with E-state index >= 15 is 0 Å². The van der Waals surface area contributed by atoms with Crippen molar-refractivity contribution in [1.82, 2.24) is 9.80 Å². The number of nitrogens with zero attached hydrogens (tertiary/aromatic N) is 2. The maximum absolute atomic E-state index is 12.3. The molecule has 1 saturated heterocycles. The minimum atomic E-state index is -0.281. The largest absolute Gasteiger partial charge is 0.445 e. The van der Waals surface area contributed by atoms with E-state index in [-0.39, 0.29) is 31.1 Å². The molecule has 1 unspecified atom stereocenters. The third-order valence-electron chi connectivity index (χ3n) is 4.37. The number of ether oxygens (including phenoxy) is 1. The van der Waals surface area contributed by atoms with Gasteiger partial charge in [0.2, 0.25) is 5.91 Å². The van der Waals surface area contributed by atoms with E-state index in [2.05, 4.69) is 0 Å². The van der Waals surface area contributed by atoms with Crippen LogP contribution in [0.2, 0.25) is 0 Å². The molecule has 132 valence electrons. The fraction of sp³-hybridized carbons (Fsp3) is 0.556. The molecule has 0 bridgehead atoms. The van der Waals surface area contributed by atoms with E-state index in [1.807, 2.05) is 37.3 Å². The first-order valence-corrected chi connectivity index (χ1v) is 8.57. The number of carbonyl (C=O) groups is 2. The van der Waals surface area contributed by atoms with Crippen LogP contribution in [0, 0.1) is 5.92 Å². The Balaban J connectivity index is 1.83. The summed E-state index contributed by atoms with van der Waals surface area (Å²) < 4.78 is 5.40. The summed E-state index contributed by atoms with van der Waals surface area (Å²) in [6.45, 7) is 4.89. The summed E-state index contributed by atoms with van der Waals surface area (Å²) in [7, 11) is 0. The zero-order valence-electron chi connectivity index (χ0n) is 14.3. The van der Waals surface area contributed by atoms with Gasteiger partial charge in [-0.15, -0.1) is 0 Å². The van der Waals surface area contributed by atoms with Crippen molar-refractivity contribution < 1.29 is 14.3 Å². The minimum Gasteiger partial charge on any atom is -0.445 e. The molecule has 24 heavy (non-hydrogen) atoms. The number of likely N-dealkylation sites (tertiary alicyclic amines) is 1. The van der Waals surface area contributed by atoms with Gasteiger partial charge in [0.15, 0.2) is 0 Å². The normalized spacial score (nSPS) is 17.4. The lowest BCUT2D eigenvalue weighted by Crippen LogP contribution is -2.46. The van der Waals surface area contributed by atoms with E-state index in [1.165, 1.54) is 0 Å². The van der Waals surface area contributed by atoms with Crippen LogP contribution in [0.3, 0.4) is 0 Å². The highest BCUT2D eigenvalue weighted by molar-refractivity contribution is 5.78. The van der Waals surface area contributed by atoms with Crippen molar-refractivity contribution in [3.63, 3.8) is 0 Å². The van der Waals surface area contributed by atoms with Crippen LogP contribution in [-0.2, 0) is 16.1 Å². The van der Waals surface area contributed by atoms with Crippen molar-refractivity contribution >= 4 is 12.0 Å². The van der Waals surface area contributed by atoms with E-state index in [4.69, 9.17) is 10.5 Å². The summed E-state index contributed by atoms with van der Waals surface area (Å²) in [5, 5.41) is 0. The van der Waals surface area contributed by atoms with Crippen LogP contribution in [-0.4, -0.2) is 54.5 Å². The molecule has 2 N–H and O–H groups in total. The van der Waals surface area contributed by atoms with Crippen molar-refractivity contribution in [2.75, 3.05) is 32.7 Å². The van der Waals surface area contributed by atoms with E-state index in [0.29, 0.717) is 26.2 Å². The van der Waals surface area contributed by atoms with Crippen molar-refractivity contribution in [3.05, 3.63) is 35.9 Å². The van der Waals surface area contributed by atoms with Crippen LogP contribution in [0.5, 0.6) is 0 Å². The van der Waals surface area contributed by atoms with Crippen LogP contribution in [0.1, 0.15) is 25.3 Å². The Kier molecular flexibility index (Phi) is 7.06. The van der Waals surface area contributed by atoms with Gasteiger partial charge < -0.3 is 20.3 Å². The molecule has 1 atom stereocenters. The molecule has 1 heterocycles. The molecule has 0 aliphatic carbocycles. The number of benzene rings is 1. The highest BCUT2D eigenvalue weighted by Gasteiger charge is 2.26. The molecule has 2 amide bonds. The molecule has 6 nitrogen and oxygen atoms in total. The monoisotopic (exact) mass is 333 g/mol. The molecular formula is C18H27N3O3. The summed E-state index contributed by atoms with van der Waals surface area (Å²) in [6.07, 6.45) is 1.66.